The van der Waals surface area contributed by atoms with Crippen molar-refractivity contribution >= 4 is 0 Å². The summed E-state index contributed by atoms with van der Waals surface area (Å²) in [4.78, 5) is 12.8. The normalized spacial score (nSPS) is 15.5. The van der Waals surface area contributed by atoms with Crippen LogP contribution in [0.5, 0.6) is 0 Å². The average molecular weight is 351 g/mol. The highest BCUT2D eigenvalue weighted by Gasteiger charge is 2.16. The zero-order valence-corrected chi connectivity index (χ0v) is 15.4. The molecule has 26 heavy (non-hydrogen) atoms. The first-order chi connectivity index (χ1) is 12.6. The van der Waals surface area contributed by atoms with Crippen LogP contribution in [0.2, 0.25) is 0 Å². The maximum Gasteiger partial charge on any atom is 0.334 e. The quantitative estimate of drug-likeness (QED) is 0.702. The summed E-state index contributed by atoms with van der Waals surface area (Å²) in [6.45, 7) is 4.30. The molecular formula is C21H25N3O2. The maximum atomic E-state index is 12.8. The van der Waals surface area contributed by atoms with E-state index in [9.17, 15) is 4.79 Å². The Bertz CT molecular complexity index is 941. The highest BCUT2D eigenvalue weighted by Crippen LogP contribution is 2.32. The highest BCUT2D eigenvalue weighted by molar-refractivity contribution is 5.28. The summed E-state index contributed by atoms with van der Waals surface area (Å²) in [5, 5.41) is 3.97. The molecule has 0 saturated heterocycles. The molecular weight excluding hydrogens is 326 g/mol. The molecule has 1 aliphatic rings. The van der Waals surface area contributed by atoms with Gasteiger partial charge in [0.05, 0.1) is 6.54 Å². The largest absolute Gasteiger partial charge is 0.360 e. The number of aryl methyl sites for hydroxylation is 2. The summed E-state index contributed by atoms with van der Waals surface area (Å²) in [5.41, 5.74) is 3.34. The molecule has 1 fully saturated rings. The second-order valence-electron chi connectivity index (χ2n) is 7.39. The van der Waals surface area contributed by atoms with Crippen LogP contribution < -0.4 is 5.69 Å². The van der Waals surface area contributed by atoms with E-state index in [1.54, 1.807) is 15.2 Å². The van der Waals surface area contributed by atoms with Gasteiger partial charge in [-0.25, -0.2) is 9.36 Å². The number of rotatable bonds is 4. The molecule has 5 heteroatoms. The van der Waals surface area contributed by atoms with Crippen molar-refractivity contribution in [2.45, 2.75) is 58.4 Å². The van der Waals surface area contributed by atoms with E-state index in [1.165, 1.54) is 37.7 Å². The lowest BCUT2D eigenvalue weighted by Crippen LogP contribution is -2.24. The summed E-state index contributed by atoms with van der Waals surface area (Å²) < 4.78 is 8.43. The minimum atomic E-state index is -0.0906. The Hall–Kier alpha value is -2.56. The van der Waals surface area contributed by atoms with E-state index in [0.717, 1.165) is 11.3 Å². The van der Waals surface area contributed by atoms with Gasteiger partial charge in [-0.1, -0.05) is 48.7 Å². The molecule has 0 aliphatic heterocycles. The Balaban J connectivity index is 1.55. The van der Waals surface area contributed by atoms with E-state index in [-0.39, 0.29) is 5.69 Å². The zero-order valence-electron chi connectivity index (χ0n) is 15.4. The van der Waals surface area contributed by atoms with Gasteiger partial charge in [-0.3, -0.25) is 4.57 Å². The zero-order chi connectivity index (χ0) is 18.1. The molecule has 1 aromatic carbocycles. The van der Waals surface area contributed by atoms with Crippen LogP contribution in [-0.2, 0) is 6.54 Å². The fourth-order valence-electron chi connectivity index (χ4n) is 4.00. The lowest BCUT2D eigenvalue weighted by Gasteiger charge is -2.22. The van der Waals surface area contributed by atoms with Crippen LogP contribution in [0.25, 0.3) is 5.82 Å². The monoisotopic (exact) mass is 351 g/mol. The summed E-state index contributed by atoms with van der Waals surface area (Å²) in [6, 6.07) is 10.6. The van der Waals surface area contributed by atoms with Gasteiger partial charge in [-0.05, 0) is 43.7 Å². The number of aromatic nitrogens is 3. The lowest BCUT2D eigenvalue weighted by atomic mass is 9.84. The van der Waals surface area contributed by atoms with Gasteiger partial charge in [-0.15, -0.1) is 0 Å². The number of hydrogen-bond donors (Lipinski definition) is 0. The Morgan fingerprint density at radius 3 is 2.50 bits per heavy atom. The molecule has 4 rings (SSSR count). The van der Waals surface area contributed by atoms with Crippen molar-refractivity contribution in [1.82, 2.24) is 14.3 Å². The van der Waals surface area contributed by atoms with Crippen LogP contribution in [0, 0.1) is 13.8 Å². The minimum absolute atomic E-state index is 0.0906. The fourth-order valence-corrected chi connectivity index (χ4v) is 4.00. The van der Waals surface area contributed by atoms with Crippen LogP contribution in [-0.4, -0.2) is 14.3 Å². The van der Waals surface area contributed by atoms with Gasteiger partial charge in [-0.2, -0.15) is 0 Å². The molecule has 0 radical (unpaired) electrons. The first kappa shape index (κ1) is 16.9. The van der Waals surface area contributed by atoms with Crippen molar-refractivity contribution in [3.8, 4) is 5.82 Å². The van der Waals surface area contributed by atoms with Gasteiger partial charge in [0.25, 0.3) is 0 Å². The second kappa shape index (κ2) is 6.98. The summed E-state index contributed by atoms with van der Waals surface area (Å²) >= 11 is 0. The third-order valence-corrected chi connectivity index (χ3v) is 5.39. The van der Waals surface area contributed by atoms with Gasteiger partial charge in [0.1, 0.15) is 5.76 Å². The molecule has 0 atom stereocenters. The van der Waals surface area contributed by atoms with Gasteiger partial charge in [0, 0.05) is 18.0 Å². The van der Waals surface area contributed by atoms with E-state index in [4.69, 9.17) is 4.52 Å². The SMILES string of the molecule is Cc1cc(-n2c(C)cn(Cc3ccc(C4CCCCC4)cc3)c2=O)no1. The van der Waals surface area contributed by atoms with E-state index >= 15 is 0 Å². The molecule has 5 nitrogen and oxygen atoms in total. The average Bonchev–Trinajstić information content (AvgIpc) is 3.19. The second-order valence-corrected chi connectivity index (χ2v) is 7.39. The minimum Gasteiger partial charge on any atom is -0.360 e. The molecule has 0 bridgehead atoms. The number of benzene rings is 1. The van der Waals surface area contributed by atoms with Gasteiger partial charge >= 0.3 is 5.69 Å². The predicted molar refractivity (Wildman–Crippen MR) is 101 cm³/mol. The van der Waals surface area contributed by atoms with Gasteiger partial charge < -0.3 is 4.52 Å². The molecule has 2 aromatic heterocycles. The third-order valence-electron chi connectivity index (χ3n) is 5.39. The van der Waals surface area contributed by atoms with E-state index < -0.39 is 0 Å². The standard InChI is InChI=1S/C21H25N3O2/c1-15-13-23(21(25)24(15)20-12-16(2)26-22-20)14-17-8-10-19(11-9-17)18-6-4-3-5-7-18/h8-13,18H,3-7,14H2,1-2H3. The number of imidazole rings is 1. The molecule has 0 amide bonds. The van der Waals surface area contributed by atoms with Crippen LogP contribution in [0.3, 0.4) is 0 Å². The van der Waals surface area contributed by atoms with Gasteiger partial charge in [0.15, 0.2) is 5.82 Å². The highest BCUT2D eigenvalue weighted by atomic mass is 16.5. The predicted octanol–water partition coefficient (Wildman–Crippen LogP) is 4.34. The van der Waals surface area contributed by atoms with Crippen LogP contribution >= 0.6 is 0 Å². The number of hydrogen-bond acceptors (Lipinski definition) is 3. The van der Waals surface area contributed by atoms with Crippen LogP contribution in [0.4, 0.5) is 0 Å². The topological polar surface area (TPSA) is 53.0 Å². The summed E-state index contributed by atoms with van der Waals surface area (Å²) in [6.07, 6.45) is 8.54. The first-order valence-electron chi connectivity index (χ1n) is 9.43. The third kappa shape index (κ3) is 3.26. The van der Waals surface area contributed by atoms with E-state index in [2.05, 4.69) is 29.4 Å². The Morgan fingerprint density at radius 1 is 1.12 bits per heavy atom. The molecule has 0 spiro atoms. The molecule has 1 saturated carbocycles. The summed E-state index contributed by atoms with van der Waals surface area (Å²) in [7, 11) is 0. The summed E-state index contributed by atoms with van der Waals surface area (Å²) in [5.74, 6) is 1.94. The lowest BCUT2D eigenvalue weighted by molar-refractivity contribution is 0.394. The van der Waals surface area contributed by atoms with E-state index in [0.29, 0.717) is 24.0 Å². The van der Waals surface area contributed by atoms with Crippen molar-refractivity contribution in [3.63, 3.8) is 0 Å². The van der Waals surface area contributed by atoms with Crippen molar-refractivity contribution < 1.29 is 4.52 Å². The van der Waals surface area contributed by atoms with E-state index in [1.807, 2.05) is 20.0 Å². The molecule has 0 unspecified atom stereocenters. The molecule has 0 N–H and O–H groups in total. The fraction of sp³-hybridized carbons (Fsp3) is 0.429. The molecule has 1 aliphatic carbocycles. The Labute approximate surface area is 153 Å². The van der Waals surface area contributed by atoms with Crippen LogP contribution in [0.15, 0.2) is 45.8 Å². The van der Waals surface area contributed by atoms with Crippen LogP contribution in [0.1, 0.15) is 60.6 Å². The van der Waals surface area contributed by atoms with Crippen molar-refractivity contribution in [3.05, 3.63) is 69.6 Å². The number of nitrogens with zero attached hydrogens (tertiary/aromatic N) is 3. The molecule has 3 aromatic rings. The maximum absolute atomic E-state index is 12.8. The van der Waals surface area contributed by atoms with Gasteiger partial charge in [0.2, 0.25) is 0 Å². The first-order valence-corrected chi connectivity index (χ1v) is 9.43. The Morgan fingerprint density at radius 2 is 1.85 bits per heavy atom. The Kier molecular flexibility index (Phi) is 4.53. The molecule has 2 heterocycles. The molecule has 136 valence electrons. The smallest absolute Gasteiger partial charge is 0.334 e. The van der Waals surface area contributed by atoms with Crippen molar-refractivity contribution in [2.75, 3.05) is 0 Å². The van der Waals surface area contributed by atoms with Crippen molar-refractivity contribution in [1.29, 1.82) is 0 Å². The van der Waals surface area contributed by atoms with Crippen molar-refractivity contribution in [2.24, 2.45) is 0 Å².